The van der Waals surface area contributed by atoms with Crippen LogP contribution in [0.2, 0.25) is 0 Å². The van der Waals surface area contributed by atoms with Crippen LogP contribution in [-0.2, 0) is 12.8 Å². The Hall–Kier alpha value is -2.26. The summed E-state index contributed by atoms with van der Waals surface area (Å²) in [6.45, 7) is 1.86. The number of hydrogen-bond acceptors (Lipinski definition) is 3. The van der Waals surface area contributed by atoms with Gasteiger partial charge in [-0.05, 0) is 62.0 Å². The third-order valence-electron chi connectivity index (χ3n) is 5.14. The van der Waals surface area contributed by atoms with Gasteiger partial charge in [-0.15, -0.1) is 0 Å². The molecule has 3 heteroatoms. The monoisotopic (exact) mass is 331 g/mol. The van der Waals surface area contributed by atoms with Crippen LogP contribution in [0.5, 0.6) is 0 Å². The van der Waals surface area contributed by atoms with E-state index in [1.165, 1.54) is 42.5 Å². The summed E-state index contributed by atoms with van der Waals surface area (Å²) in [6, 6.07) is 17.2. The number of amidine groups is 1. The van der Waals surface area contributed by atoms with Crippen molar-refractivity contribution in [2.24, 2.45) is 15.9 Å². The molecule has 128 valence electrons. The van der Waals surface area contributed by atoms with Crippen molar-refractivity contribution in [3.8, 4) is 0 Å². The van der Waals surface area contributed by atoms with Gasteiger partial charge in [-0.25, -0.2) is 4.99 Å². The number of fused-ring (bicyclic) bond motifs is 1. The Labute approximate surface area is 150 Å². The van der Waals surface area contributed by atoms with Crippen LogP contribution in [0.4, 0.5) is 0 Å². The number of hydrogen-bond donors (Lipinski definition) is 0. The molecule has 0 radical (unpaired) electrons. The van der Waals surface area contributed by atoms with Gasteiger partial charge in [0.15, 0.2) is 5.84 Å². The fourth-order valence-electron chi connectivity index (χ4n) is 3.93. The summed E-state index contributed by atoms with van der Waals surface area (Å²) in [5, 5.41) is 0. The van der Waals surface area contributed by atoms with Gasteiger partial charge in [0, 0.05) is 12.1 Å². The Balaban J connectivity index is 1.53. The van der Waals surface area contributed by atoms with Crippen LogP contribution in [0.25, 0.3) is 0 Å². The molecule has 25 heavy (non-hydrogen) atoms. The summed E-state index contributed by atoms with van der Waals surface area (Å²) >= 11 is 0. The van der Waals surface area contributed by atoms with Crippen LogP contribution in [-0.4, -0.2) is 43.6 Å². The standard InChI is InChI=1S/C22H25N3/c1-25(2)15-16-8-9-19-13-20(11-10-18(19)12-16)22-23-14-21(24-22)17-6-4-3-5-7-17/h3-7,10-11,13,16H,8-9,12,14-15H2,1-2H3. The molecule has 1 aliphatic carbocycles. The largest absolute Gasteiger partial charge is 0.309 e. The molecule has 3 nitrogen and oxygen atoms in total. The first-order chi connectivity index (χ1) is 12.2. The van der Waals surface area contributed by atoms with Crippen molar-refractivity contribution in [3.05, 3.63) is 70.8 Å². The molecular weight excluding hydrogens is 306 g/mol. The van der Waals surface area contributed by atoms with E-state index in [0.717, 1.165) is 23.0 Å². The zero-order valence-corrected chi connectivity index (χ0v) is 15.1. The topological polar surface area (TPSA) is 28.0 Å². The van der Waals surface area contributed by atoms with Gasteiger partial charge in [0.25, 0.3) is 0 Å². The Morgan fingerprint density at radius 3 is 2.64 bits per heavy atom. The van der Waals surface area contributed by atoms with Crippen LogP contribution >= 0.6 is 0 Å². The van der Waals surface area contributed by atoms with E-state index < -0.39 is 0 Å². The average molecular weight is 331 g/mol. The lowest BCUT2D eigenvalue weighted by molar-refractivity contribution is 0.303. The Morgan fingerprint density at radius 1 is 1.00 bits per heavy atom. The fraction of sp³-hybridized carbons (Fsp3) is 0.364. The molecule has 0 saturated heterocycles. The second-order valence-electron chi connectivity index (χ2n) is 7.42. The normalized spacial score (nSPS) is 19.6. The number of benzene rings is 2. The molecule has 0 fully saturated rings. The second-order valence-corrected chi connectivity index (χ2v) is 7.42. The van der Waals surface area contributed by atoms with Crippen molar-refractivity contribution in [2.75, 3.05) is 27.2 Å². The first-order valence-electron chi connectivity index (χ1n) is 9.13. The summed E-state index contributed by atoms with van der Waals surface area (Å²) in [5.41, 5.74) is 6.40. The molecule has 2 aromatic carbocycles. The van der Waals surface area contributed by atoms with Crippen molar-refractivity contribution in [1.82, 2.24) is 4.90 Å². The molecule has 1 unspecified atom stereocenters. The molecule has 2 aromatic rings. The quantitative estimate of drug-likeness (QED) is 0.841. The first-order valence-corrected chi connectivity index (χ1v) is 9.13. The zero-order chi connectivity index (χ0) is 17.2. The molecule has 0 amide bonds. The van der Waals surface area contributed by atoms with Crippen molar-refractivity contribution >= 4 is 11.5 Å². The van der Waals surface area contributed by atoms with E-state index in [4.69, 9.17) is 4.99 Å². The Morgan fingerprint density at radius 2 is 1.84 bits per heavy atom. The van der Waals surface area contributed by atoms with Crippen molar-refractivity contribution in [2.45, 2.75) is 19.3 Å². The van der Waals surface area contributed by atoms with Gasteiger partial charge in [0.1, 0.15) is 0 Å². The van der Waals surface area contributed by atoms with E-state index in [9.17, 15) is 0 Å². The Kier molecular flexibility index (Phi) is 4.50. The lowest BCUT2D eigenvalue weighted by atomic mass is 9.83. The van der Waals surface area contributed by atoms with Crippen LogP contribution in [0.1, 0.15) is 28.7 Å². The molecule has 0 spiro atoms. The van der Waals surface area contributed by atoms with Gasteiger partial charge in [0.05, 0.1) is 12.3 Å². The van der Waals surface area contributed by atoms with Crippen molar-refractivity contribution in [1.29, 1.82) is 0 Å². The van der Waals surface area contributed by atoms with Crippen LogP contribution in [0, 0.1) is 5.92 Å². The van der Waals surface area contributed by atoms with Gasteiger partial charge in [-0.1, -0.05) is 42.5 Å². The number of rotatable bonds is 4. The van der Waals surface area contributed by atoms with Gasteiger partial charge in [0.2, 0.25) is 0 Å². The number of aryl methyl sites for hydroxylation is 1. The number of nitrogens with zero attached hydrogens (tertiary/aromatic N) is 3. The Bertz CT molecular complexity index is 818. The predicted octanol–water partition coefficient (Wildman–Crippen LogP) is 3.60. The highest BCUT2D eigenvalue weighted by atomic mass is 15.1. The van der Waals surface area contributed by atoms with Crippen LogP contribution in [0.3, 0.4) is 0 Å². The maximum atomic E-state index is 4.79. The average Bonchev–Trinajstić information content (AvgIpc) is 3.12. The number of aliphatic imine (C=N–C) groups is 2. The van der Waals surface area contributed by atoms with E-state index in [2.05, 4.69) is 66.5 Å². The molecule has 0 aromatic heterocycles. The van der Waals surface area contributed by atoms with Crippen molar-refractivity contribution < 1.29 is 0 Å². The molecule has 2 aliphatic rings. The zero-order valence-electron chi connectivity index (χ0n) is 15.1. The van der Waals surface area contributed by atoms with E-state index in [0.29, 0.717) is 6.54 Å². The van der Waals surface area contributed by atoms with Gasteiger partial charge in [-0.3, -0.25) is 4.99 Å². The minimum absolute atomic E-state index is 0.682. The second kappa shape index (κ2) is 6.93. The van der Waals surface area contributed by atoms with Crippen molar-refractivity contribution in [3.63, 3.8) is 0 Å². The highest BCUT2D eigenvalue weighted by Crippen LogP contribution is 2.27. The van der Waals surface area contributed by atoms with Crippen LogP contribution < -0.4 is 0 Å². The summed E-state index contributed by atoms with van der Waals surface area (Å²) < 4.78 is 0. The molecule has 0 bridgehead atoms. The highest BCUT2D eigenvalue weighted by Gasteiger charge is 2.21. The van der Waals surface area contributed by atoms with E-state index in [1.54, 1.807) is 0 Å². The predicted molar refractivity (Wildman–Crippen MR) is 105 cm³/mol. The van der Waals surface area contributed by atoms with Gasteiger partial charge in [-0.2, -0.15) is 0 Å². The fourth-order valence-corrected chi connectivity index (χ4v) is 3.93. The lowest BCUT2D eigenvalue weighted by Gasteiger charge is -2.27. The highest BCUT2D eigenvalue weighted by molar-refractivity contribution is 6.17. The lowest BCUT2D eigenvalue weighted by Crippen LogP contribution is -2.26. The molecule has 1 heterocycles. The maximum Gasteiger partial charge on any atom is 0.155 e. The summed E-state index contributed by atoms with van der Waals surface area (Å²) in [4.78, 5) is 11.8. The first kappa shape index (κ1) is 16.2. The molecule has 0 saturated carbocycles. The van der Waals surface area contributed by atoms with E-state index in [-0.39, 0.29) is 0 Å². The molecule has 1 aliphatic heterocycles. The summed E-state index contributed by atoms with van der Waals surface area (Å²) in [5.74, 6) is 1.66. The molecule has 0 N–H and O–H groups in total. The smallest absolute Gasteiger partial charge is 0.155 e. The third-order valence-corrected chi connectivity index (χ3v) is 5.14. The van der Waals surface area contributed by atoms with Gasteiger partial charge >= 0.3 is 0 Å². The molecular formula is C22H25N3. The van der Waals surface area contributed by atoms with E-state index >= 15 is 0 Å². The SMILES string of the molecule is CN(C)CC1CCc2cc(C3=NCC(c4ccccc4)=N3)ccc2C1. The molecule has 1 atom stereocenters. The minimum Gasteiger partial charge on any atom is -0.309 e. The summed E-state index contributed by atoms with van der Waals surface area (Å²) in [6.07, 6.45) is 3.64. The minimum atomic E-state index is 0.682. The van der Waals surface area contributed by atoms with Gasteiger partial charge < -0.3 is 4.90 Å². The molecule has 4 rings (SSSR count). The maximum absolute atomic E-state index is 4.79. The third kappa shape index (κ3) is 3.57. The summed E-state index contributed by atoms with van der Waals surface area (Å²) in [7, 11) is 4.33. The van der Waals surface area contributed by atoms with E-state index in [1.807, 2.05) is 6.07 Å². The van der Waals surface area contributed by atoms with Crippen LogP contribution in [0.15, 0.2) is 58.5 Å².